The SMILES string of the molecule is COC(=O)COc1c(Cl)cc([C@H]2NC(=O)NC(C)=C2C(=O)Nc2ccccc2C(=O)OC)cc1Cl. The zero-order valence-electron chi connectivity index (χ0n) is 18.9. The predicted octanol–water partition coefficient (Wildman–Crippen LogP) is 3.60. The summed E-state index contributed by atoms with van der Waals surface area (Å²) >= 11 is 12.6. The van der Waals surface area contributed by atoms with Gasteiger partial charge in [-0.15, -0.1) is 0 Å². The Kier molecular flexibility index (Phi) is 8.21. The highest BCUT2D eigenvalue weighted by Gasteiger charge is 2.32. The van der Waals surface area contributed by atoms with E-state index in [-0.39, 0.29) is 38.3 Å². The monoisotopic (exact) mass is 521 g/mol. The molecule has 1 atom stereocenters. The van der Waals surface area contributed by atoms with Gasteiger partial charge in [-0.3, -0.25) is 4.79 Å². The molecule has 0 aliphatic carbocycles. The lowest BCUT2D eigenvalue weighted by Crippen LogP contribution is -2.46. The van der Waals surface area contributed by atoms with Crippen molar-refractivity contribution in [2.24, 2.45) is 0 Å². The van der Waals surface area contributed by atoms with E-state index >= 15 is 0 Å². The van der Waals surface area contributed by atoms with Crippen molar-refractivity contribution in [2.45, 2.75) is 13.0 Å². The van der Waals surface area contributed by atoms with Crippen molar-refractivity contribution in [3.05, 3.63) is 68.8 Å². The van der Waals surface area contributed by atoms with E-state index in [4.69, 9.17) is 32.7 Å². The van der Waals surface area contributed by atoms with Crippen LogP contribution < -0.4 is 20.7 Å². The van der Waals surface area contributed by atoms with Crippen LogP contribution in [0.3, 0.4) is 0 Å². The minimum absolute atomic E-state index is 0.0430. The smallest absolute Gasteiger partial charge is 0.343 e. The molecule has 0 saturated heterocycles. The number of rotatable bonds is 7. The predicted molar refractivity (Wildman–Crippen MR) is 127 cm³/mol. The number of halogens is 2. The molecule has 12 heteroatoms. The lowest BCUT2D eigenvalue weighted by Gasteiger charge is -2.29. The molecule has 184 valence electrons. The van der Waals surface area contributed by atoms with E-state index in [1.165, 1.54) is 32.4 Å². The Morgan fingerprint density at radius 2 is 1.71 bits per heavy atom. The number of hydrogen-bond donors (Lipinski definition) is 3. The second kappa shape index (κ2) is 11.1. The Labute approximate surface area is 210 Å². The third kappa shape index (κ3) is 5.84. The summed E-state index contributed by atoms with van der Waals surface area (Å²) in [5, 5.41) is 8.02. The fourth-order valence-electron chi connectivity index (χ4n) is 3.39. The highest BCUT2D eigenvalue weighted by Crippen LogP contribution is 2.38. The quantitative estimate of drug-likeness (QED) is 0.474. The van der Waals surface area contributed by atoms with Crippen LogP contribution in [0.5, 0.6) is 5.75 Å². The molecule has 1 heterocycles. The van der Waals surface area contributed by atoms with Crippen molar-refractivity contribution in [3.8, 4) is 5.75 Å². The van der Waals surface area contributed by atoms with Gasteiger partial charge in [0.1, 0.15) is 0 Å². The van der Waals surface area contributed by atoms with Gasteiger partial charge < -0.3 is 30.2 Å². The highest BCUT2D eigenvalue weighted by molar-refractivity contribution is 6.37. The number of benzene rings is 2. The Morgan fingerprint density at radius 3 is 2.34 bits per heavy atom. The second-order valence-corrected chi connectivity index (χ2v) is 8.05. The molecule has 10 nitrogen and oxygen atoms in total. The van der Waals surface area contributed by atoms with E-state index in [1.807, 2.05) is 0 Å². The molecule has 3 rings (SSSR count). The zero-order chi connectivity index (χ0) is 25.7. The number of amides is 3. The Morgan fingerprint density at radius 1 is 1.06 bits per heavy atom. The molecular formula is C23H21Cl2N3O7. The van der Waals surface area contributed by atoms with Gasteiger partial charge in [0, 0.05) is 5.70 Å². The molecule has 0 aromatic heterocycles. The number of nitrogens with one attached hydrogen (secondary N) is 3. The Hall–Kier alpha value is -3.76. The van der Waals surface area contributed by atoms with E-state index in [9.17, 15) is 19.2 Å². The van der Waals surface area contributed by atoms with Crippen LogP contribution in [-0.4, -0.2) is 44.7 Å². The fourth-order valence-corrected chi connectivity index (χ4v) is 4.00. The molecule has 0 spiro atoms. The molecule has 0 bridgehead atoms. The molecule has 3 N–H and O–H groups in total. The minimum Gasteiger partial charge on any atom is -0.479 e. The molecule has 35 heavy (non-hydrogen) atoms. The first-order chi connectivity index (χ1) is 16.7. The minimum atomic E-state index is -0.946. The maximum atomic E-state index is 13.3. The third-order valence-corrected chi connectivity index (χ3v) is 5.57. The molecule has 0 saturated carbocycles. The number of urea groups is 1. The van der Waals surface area contributed by atoms with Crippen molar-refractivity contribution < 1.29 is 33.4 Å². The van der Waals surface area contributed by atoms with Gasteiger partial charge in [0.25, 0.3) is 5.91 Å². The number of hydrogen-bond acceptors (Lipinski definition) is 7. The molecular weight excluding hydrogens is 501 g/mol. The van der Waals surface area contributed by atoms with E-state index < -0.39 is 36.5 Å². The van der Waals surface area contributed by atoms with Gasteiger partial charge in [-0.05, 0) is 36.8 Å². The lowest BCUT2D eigenvalue weighted by molar-refractivity contribution is -0.142. The molecule has 1 aliphatic rings. The maximum absolute atomic E-state index is 13.3. The second-order valence-electron chi connectivity index (χ2n) is 7.24. The lowest BCUT2D eigenvalue weighted by atomic mass is 9.94. The Balaban J connectivity index is 1.96. The van der Waals surface area contributed by atoms with Gasteiger partial charge in [0.05, 0.1) is 47.1 Å². The fraction of sp³-hybridized carbons (Fsp3) is 0.217. The number of esters is 2. The normalized spacial score (nSPS) is 15.0. The van der Waals surface area contributed by atoms with Gasteiger partial charge in [-0.25, -0.2) is 14.4 Å². The van der Waals surface area contributed by atoms with Gasteiger partial charge in [0.2, 0.25) is 0 Å². The van der Waals surface area contributed by atoms with E-state index in [2.05, 4.69) is 20.7 Å². The first-order valence-corrected chi connectivity index (χ1v) is 10.9. The standard InChI is InChI=1S/C23H21Cl2N3O7/c1-11-18(21(30)27-16-7-5-4-6-13(16)22(31)34-3)19(28-23(32)26-11)12-8-14(24)20(15(25)9-12)35-10-17(29)33-2/h4-9,19H,10H2,1-3H3,(H,27,30)(H2,26,28,32)/t19-/m1/s1. The van der Waals surface area contributed by atoms with Crippen LogP contribution in [0.2, 0.25) is 10.0 Å². The highest BCUT2D eigenvalue weighted by atomic mass is 35.5. The van der Waals surface area contributed by atoms with Crippen molar-refractivity contribution >= 4 is 52.8 Å². The van der Waals surface area contributed by atoms with Gasteiger partial charge in [-0.2, -0.15) is 0 Å². The van der Waals surface area contributed by atoms with Crippen LogP contribution in [0.25, 0.3) is 0 Å². The molecule has 3 amide bonds. The number of allylic oxidation sites excluding steroid dienone is 1. The summed E-state index contributed by atoms with van der Waals surface area (Å²) < 4.78 is 14.6. The molecule has 2 aromatic rings. The number of para-hydroxylation sites is 1. The van der Waals surface area contributed by atoms with Crippen LogP contribution in [0.1, 0.15) is 28.9 Å². The topological polar surface area (TPSA) is 132 Å². The van der Waals surface area contributed by atoms with Gasteiger partial charge >= 0.3 is 18.0 Å². The van der Waals surface area contributed by atoms with Gasteiger partial charge in [0.15, 0.2) is 12.4 Å². The summed E-state index contributed by atoms with van der Waals surface area (Å²) in [5.74, 6) is -1.80. The summed E-state index contributed by atoms with van der Waals surface area (Å²) in [5.41, 5.74) is 1.20. The average molecular weight is 522 g/mol. The van der Waals surface area contributed by atoms with Crippen LogP contribution in [0.4, 0.5) is 10.5 Å². The molecule has 0 fully saturated rings. The first-order valence-electron chi connectivity index (χ1n) is 10.1. The first kappa shape index (κ1) is 25.9. The van der Waals surface area contributed by atoms with E-state index in [1.54, 1.807) is 25.1 Å². The van der Waals surface area contributed by atoms with Crippen LogP contribution in [-0.2, 0) is 19.1 Å². The molecule has 1 aliphatic heterocycles. The summed E-state index contributed by atoms with van der Waals surface area (Å²) in [4.78, 5) is 49.0. The van der Waals surface area contributed by atoms with E-state index in [0.29, 0.717) is 5.56 Å². The number of carbonyl (C=O) groups excluding carboxylic acids is 4. The average Bonchev–Trinajstić information content (AvgIpc) is 2.82. The van der Waals surface area contributed by atoms with Gasteiger partial charge in [-0.1, -0.05) is 35.3 Å². The molecule has 0 radical (unpaired) electrons. The van der Waals surface area contributed by atoms with Crippen molar-refractivity contribution in [2.75, 3.05) is 26.1 Å². The summed E-state index contributed by atoms with van der Waals surface area (Å²) in [7, 11) is 2.44. The largest absolute Gasteiger partial charge is 0.479 e. The van der Waals surface area contributed by atoms with Crippen molar-refractivity contribution in [1.82, 2.24) is 10.6 Å². The van der Waals surface area contributed by atoms with Crippen LogP contribution >= 0.6 is 23.2 Å². The third-order valence-electron chi connectivity index (χ3n) is 5.01. The summed E-state index contributed by atoms with van der Waals surface area (Å²) in [6, 6.07) is 7.76. The number of methoxy groups -OCH3 is 2. The maximum Gasteiger partial charge on any atom is 0.343 e. The number of carbonyl (C=O) groups is 4. The Bertz CT molecular complexity index is 1210. The summed E-state index contributed by atoms with van der Waals surface area (Å²) in [6.45, 7) is 1.15. The number of anilines is 1. The van der Waals surface area contributed by atoms with Crippen molar-refractivity contribution in [1.29, 1.82) is 0 Å². The zero-order valence-corrected chi connectivity index (χ0v) is 20.4. The summed E-state index contributed by atoms with van der Waals surface area (Å²) in [6.07, 6.45) is 0. The van der Waals surface area contributed by atoms with Crippen LogP contribution in [0.15, 0.2) is 47.7 Å². The van der Waals surface area contributed by atoms with E-state index in [0.717, 1.165) is 0 Å². The number of ether oxygens (including phenoxy) is 3. The molecule has 0 unspecified atom stereocenters. The van der Waals surface area contributed by atoms with Crippen molar-refractivity contribution in [3.63, 3.8) is 0 Å². The van der Waals surface area contributed by atoms with Crippen LogP contribution in [0, 0.1) is 0 Å². The molecule has 2 aromatic carbocycles.